The van der Waals surface area contributed by atoms with E-state index in [1.807, 2.05) is 31.5 Å². The van der Waals surface area contributed by atoms with E-state index in [1.54, 1.807) is 0 Å². The van der Waals surface area contributed by atoms with Crippen LogP contribution in [0.1, 0.15) is 17.7 Å². The average molecular weight is 385 g/mol. The number of hydrazone groups is 1. The molecule has 0 aliphatic carbocycles. The fraction of sp³-hybridized carbons (Fsp3) is 0.421. The number of allylic oxidation sites excluding steroid dienone is 2. The number of hydrogen-bond donors (Lipinski definition) is 2. The van der Waals surface area contributed by atoms with E-state index in [2.05, 4.69) is 42.8 Å². The molecular weight excluding hydrogens is 360 g/mol. The van der Waals surface area contributed by atoms with Gasteiger partial charge in [0.1, 0.15) is 11.4 Å². The minimum Gasteiger partial charge on any atom is -0.491 e. The first kappa shape index (κ1) is 17.9. The summed E-state index contributed by atoms with van der Waals surface area (Å²) in [4.78, 5) is 9.05. The molecule has 2 N–H and O–H groups in total. The minimum absolute atomic E-state index is 0.271. The lowest BCUT2D eigenvalue weighted by atomic mass is 10.1. The van der Waals surface area contributed by atoms with Crippen LogP contribution in [-0.4, -0.2) is 64.6 Å². The van der Waals surface area contributed by atoms with Gasteiger partial charge < -0.3 is 15.0 Å². The van der Waals surface area contributed by atoms with Gasteiger partial charge in [0.2, 0.25) is 0 Å². The number of pyridine rings is 1. The van der Waals surface area contributed by atoms with E-state index in [0.29, 0.717) is 11.7 Å². The van der Waals surface area contributed by atoms with Crippen molar-refractivity contribution in [3.63, 3.8) is 0 Å². The number of fused-ring (bicyclic) bond motifs is 1. The summed E-state index contributed by atoms with van der Waals surface area (Å²) in [6.07, 6.45) is 11.1. The molecule has 1 aromatic rings. The van der Waals surface area contributed by atoms with Crippen LogP contribution in [0, 0.1) is 6.92 Å². The van der Waals surface area contributed by atoms with Crippen molar-refractivity contribution in [1.29, 1.82) is 0 Å². The maximum Gasteiger partial charge on any atom is 0.189 e. The molecule has 142 valence electrons. The predicted octanol–water partition coefficient (Wildman–Crippen LogP) is 1.37. The largest absolute Gasteiger partial charge is 0.491 e. The molecule has 0 bridgehead atoms. The Morgan fingerprint density at radius 2 is 2.19 bits per heavy atom. The molecule has 0 aromatic carbocycles. The highest BCUT2D eigenvalue weighted by Gasteiger charge is 2.24. The number of piperazine rings is 1. The first-order valence-corrected chi connectivity index (χ1v) is 9.66. The number of nitrogens with zero attached hydrogens (tertiary/aromatic N) is 4. The molecule has 0 spiro atoms. The van der Waals surface area contributed by atoms with Crippen LogP contribution in [0.5, 0.6) is 5.75 Å². The predicted molar refractivity (Wildman–Crippen MR) is 110 cm³/mol. The van der Waals surface area contributed by atoms with Gasteiger partial charge in [-0.3, -0.25) is 15.3 Å². The van der Waals surface area contributed by atoms with E-state index in [4.69, 9.17) is 17.0 Å². The molecule has 0 amide bonds. The lowest BCUT2D eigenvalue weighted by Crippen LogP contribution is -2.55. The molecule has 4 heterocycles. The van der Waals surface area contributed by atoms with Crippen LogP contribution in [-0.2, 0) is 0 Å². The van der Waals surface area contributed by atoms with Crippen LogP contribution >= 0.6 is 12.2 Å². The highest BCUT2D eigenvalue weighted by atomic mass is 32.1. The van der Waals surface area contributed by atoms with E-state index < -0.39 is 0 Å². The zero-order valence-corrected chi connectivity index (χ0v) is 16.2. The van der Waals surface area contributed by atoms with Gasteiger partial charge in [0.05, 0.1) is 18.5 Å². The topological polar surface area (TPSA) is 65.0 Å². The molecular formula is C19H24N6OS. The second-order valence-electron chi connectivity index (χ2n) is 6.81. The maximum atomic E-state index is 5.69. The third-order valence-electron chi connectivity index (χ3n) is 4.91. The van der Waals surface area contributed by atoms with Crippen molar-refractivity contribution < 1.29 is 4.74 Å². The Morgan fingerprint density at radius 3 is 2.96 bits per heavy atom. The van der Waals surface area contributed by atoms with Crippen LogP contribution in [0.3, 0.4) is 0 Å². The minimum atomic E-state index is 0.271. The second-order valence-corrected chi connectivity index (χ2v) is 7.20. The number of aryl methyl sites for hydroxylation is 1. The molecule has 1 aromatic heterocycles. The fourth-order valence-corrected chi connectivity index (χ4v) is 3.63. The molecule has 0 saturated carbocycles. The Kier molecular flexibility index (Phi) is 5.35. The Labute approximate surface area is 164 Å². The molecule has 7 nitrogen and oxygen atoms in total. The molecule has 1 fully saturated rings. The Balaban J connectivity index is 1.33. The van der Waals surface area contributed by atoms with Gasteiger partial charge in [-0.15, -0.1) is 0 Å². The smallest absolute Gasteiger partial charge is 0.189 e. The number of aromatic nitrogens is 1. The average Bonchev–Trinajstić information content (AvgIpc) is 2.72. The van der Waals surface area contributed by atoms with Gasteiger partial charge in [-0.25, -0.2) is 0 Å². The normalized spacial score (nSPS) is 23.5. The molecule has 1 atom stereocenters. The summed E-state index contributed by atoms with van der Waals surface area (Å²) in [5, 5.41) is 8.56. The quantitative estimate of drug-likeness (QED) is 0.590. The van der Waals surface area contributed by atoms with Crippen molar-refractivity contribution in [3.8, 4) is 5.75 Å². The van der Waals surface area contributed by atoms with Gasteiger partial charge in [0, 0.05) is 38.8 Å². The summed E-state index contributed by atoms with van der Waals surface area (Å²) in [6.45, 7) is 6.27. The zero-order valence-electron chi connectivity index (χ0n) is 15.4. The van der Waals surface area contributed by atoms with Crippen molar-refractivity contribution in [3.05, 3.63) is 47.9 Å². The number of dihydropyridines is 1. The number of thiocarbonyl (C=S) groups is 1. The van der Waals surface area contributed by atoms with Gasteiger partial charge in [0.15, 0.2) is 5.11 Å². The lowest BCUT2D eigenvalue weighted by molar-refractivity contribution is 0.142. The van der Waals surface area contributed by atoms with E-state index in [9.17, 15) is 0 Å². The summed E-state index contributed by atoms with van der Waals surface area (Å²) in [6, 6.07) is 2.00. The molecule has 3 aliphatic heterocycles. The Bertz CT molecular complexity index is 797. The highest BCUT2D eigenvalue weighted by molar-refractivity contribution is 7.80. The van der Waals surface area contributed by atoms with Crippen LogP contribution in [0.25, 0.3) is 0 Å². The third kappa shape index (κ3) is 4.12. The number of ether oxygens (including phenoxy) is 1. The van der Waals surface area contributed by atoms with Gasteiger partial charge in [-0.2, -0.15) is 5.10 Å². The molecule has 3 aliphatic rings. The van der Waals surface area contributed by atoms with Crippen LogP contribution in [0.2, 0.25) is 0 Å². The summed E-state index contributed by atoms with van der Waals surface area (Å²) < 4.78 is 5.69. The van der Waals surface area contributed by atoms with Gasteiger partial charge >= 0.3 is 0 Å². The zero-order chi connectivity index (χ0) is 18.6. The maximum absolute atomic E-state index is 5.69. The monoisotopic (exact) mass is 384 g/mol. The summed E-state index contributed by atoms with van der Waals surface area (Å²) in [7, 11) is 0. The fourth-order valence-electron chi connectivity index (χ4n) is 3.41. The van der Waals surface area contributed by atoms with Crippen LogP contribution in [0.4, 0.5) is 0 Å². The van der Waals surface area contributed by atoms with Crippen molar-refractivity contribution in [1.82, 2.24) is 25.5 Å². The van der Waals surface area contributed by atoms with E-state index in [-0.39, 0.29) is 6.17 Å². The van der Waals surface area contributed by atoms with Gasteiger partial charge in [-0.05, 0) is 49.1 Å². The summed E-state index contributed by atoms with van der Waals surface area (Å²) in [5.74, 6) is 0.795. The standard InChI is InChI=1S/C19H24N6OS/c1-14-12-16-18(21-13-14)15(5-11-26-16)22-23-19(27)25-9-7-24(8-10-25)17-4-2-3-6-20-17/h2-4,6,12-13,17,20H,5,7-11H2,1H3,(H,23,27)/b22-15-. The Morgan fingerprint density at radius 1 is 1.33 bits per heavy atom. The molecule has 8 heteroatoms. The number of hydrogen-bond acceptors (Lipinski definition) is 6. The van der Waals surface area contributed by atoms with Crippen molar-refractivity contribution >= 4 is 23.0 Å². The second kappa shape index (κ2) is 8.06. The summed E-state index contributed by atoms with van der Waals surface area (Å²) in [5.41, 5.74) is 5.83. The van der Waals surface area contributed by atoms with Crippen molar-refractivity contribution in [2.45, 2.75) is 19.5 Å². The van der Waals surface area contributed by atoms with Crippen LogP contribution < -0.4 is 15.5 Å². The molecule has 4 rings (SSSR count). The highest BCUT2D eigenvalue weighted by Crippen LogP contribution is 2.23. The number of rotatable bonds is 2. The Hall–Kier alpha value is -2.45. The first-order chi connectivity index (χ1) is 13.2. The SMILES string of the molecule is Cc1cnc2c(c1)OCC/C2=N/NC(=S)N1CCN(C2C=CC=CN2)CC1. The lowest BCUT2D eigenvalue weighted by Gasteiger charge is -2.39. The molecule has 1 saturated heterocycles. The van der Waals surface area contributed by atoms with Crippen LogP contribution in [0.15, 0.2) is 41.8 Å². The molecule has 27 heavy (non-hydrogen) atoms. The summed E-state index contributed by atoms with van der Waals surface area (Å²) >= 11 is 5.55. The van der Waals surface area contributed by atoms with E-state index >= 15 is 0 Å². The third-order valence-corrected chi connectivity index (χ3v) is 5.26. The number of nitrogens with one attached hydrogen (secondary N) is 2. The molecule has 0 radical (unpaired) electrons. The van der Waals surface area contributed by atoms with E-state index in [0.717, 1.165) is 55.3 Å². The molecule has 1 unspecified atom stereocenters. The first-order valence-electron chi connectivity index (χ1n) is 9.25. The van der Waals surface area contributed by atoms with Gasteiger partial charge in [-0.1, -0.05) is 6.08 Å². The van der Waals surface area contributed by atoms with Crippen molar-refractivity contribution in [2.75, 3.05) is 32.8 Å². The van der Waals surface area contributed by atoms with Gasteiger partial charge in [0.25, 0.3) is 0 Å². The van der Waals surface area contributed by atoms with E-state index in [1.165, 1.54) is 0 Å². The van der Waals surface area contributed by atoms with Crippen molar-refractivity contribution in [2.24, 2.45) is 5.10 Å².